The molecule has 0 N–H and O–H groups in total. The van der Waals surface area contributed by atoms with Crippen LogP contribution in [0.3, 0.4) is 0 Å². The molecule has 0 atom stereocenters. The van der Waals surface area contributed by atoms with E-state index < -0.39 is 12.2 Å². The number of methoxy groups -OCH3 is 1. The normalized spacial score (nSPS) is 10.9. The van der Waals surface area contributed by atoms with Gasteiger partial charge in [-0.15, -0.1) is 11.8 Å². The zero-order chi connectivity index (χ0) is 19.5. The number of oxime groups is 1. The van der Waals surface area contributed by atoms with Gasteiger partial charge < -0.3 is 9.47 Å². The molecule has 1 rings (SSSR count). The minimum atomic E-state index is -0.699. The number of ether oxygens (including phenoxy) is 2. The number of amides is 2. The number of rotatable bonds is 7. The molecule has 1 aromatic rings. The Morgan fingerprint density at radius 2 is 1.81 bits per heavy atom. The average Bonchev–Trinajstić information content (AvgIpc) is 2.64. The standard InChI is InChI=1S/C16H23N3O5S2/c1-6-25-12(2)17-24-16(21)19(4)26-18(3)15(20)23-11-13-9-7-8-10-14(13)22-5/h7-10H,6,11H2,1-5H3. The maximum atomic E-state index is 12.1. The van der Waals surface area contributed by atoms with Crippen LogP contribution in [0.25, 0.3) is 0 Å². The van der Waals surface area contributed by atoms with Crippen molar-refractivity contribution in [1.82, 2.24) is 8.61 Å². The highest BCUT2D eigenvalue weighted by Crippen LogP contribution is 2.20. The predicted molar refractivity (Wildman–Crippen MR) is 104 cm³/mol. The second-order valence-corrected chi connectivity index (χ2v) is 7.56. The Balaban J connectivity index is 2.47. The Morgan fingerprint density at radius 3 is 2.46 bits per heavy atom. The van der Waals surface area contributed by atoms with Crippen molar-refractivity contribution >= 4 is 41.1 Å². The molecule has 0 bridgehead atoms. The molecule has 0 aromatic heterocycles. The summed E-state index contributed by atoms with van der Waals surface area (Å²) in [5.74, 6) is 1.47. The first kappa shape index (κ1) is 22.0. The van der Waals surface area contributed by atoms with Crippen LogP contribution in [0.1, 0.15) is 19.4 Å². The van der Waals surface area contributed by atoms with Crippen LogP contribution in [0.4, 0.5) is 9.59 Å². The first-order chi connectivity index (χ1) is 12.4. The molecule has 1 aromatic carbocycles. The van der Waals surface area contributed by atoms with Crippen LogP contribution in [0.15, 0.2) is 29.4 Å². The molecular formula is C16H23N3O5S2. The number of carbonyl (C=O) groups is 2. The van der Waals surface area contributed by atoms with Crippen LogP contribution >= 0.6 is 23.9 Å². The van der Waals surface area contributed by atoms with Gasteiger partial charge in [-0.2, -0.15) is 0 Å². The van der Waals surface area contributed by atoms with Crippen LogP contribution in [0, 0.1) is 0 Å². The Morgan fingerprint density at radius 1 is 1.15 bits per heavy atom. The SMILES string of the molecule is CCSC(C)=NOC(=O)N(C)SN(C)C(=O)OCc1ccccc1OC. The average molecular weight is 402 g/mol. The van der Waals surface area contributed by atoms with E-state index in [0.717, 1.165) is 27.8 Å². The topological polar surface area (TPSA) is 80.7 Å². The van der Waals surface area contributed by atoms with Crippen molar-refractivity contribution in [2.75, 3.05) is 27.0 Å². The van der Waals surface area contributed by atoms with Gasteiger partial charge in [-0.1, -0.05) is 30.3 Å². The van der Waals surface area contributed by atoms with E-state index in [2.05, 4.69) is 5.16 Å². The molecule has 144 valence electrons. The van der Waals surface area contributed by atoms with E-state index in [1.165, 1.54) is 30.2 Å². The van der Waals surface area contributed by atoms with Gasteiger partial charge in [0.15, 0.2) is 0 Å². The minimum Gasteiger partial charge on any atom is -0.496 e. The predicted octanol–water partition coefficient (Wildman–Crippen LogP) is 3.98. The van der Waals surface area contributed by atoms with Crippen LogP contribution in [-0.4, -0.2) is 52.8 Å². The van der Waals surface area contributed by atoms with E-state index in [0.29, 0.717) is 10.8 Å². The summed E-state index contributed by atoms with van der Waals surface area (Å²) in [4.78, 5) is 28.7. The number of para-hydroxylation sites is 1. The largest absolute Gasteiger partial charge is 0.496 e. The van der Waals surface area contributed by atoms with Crippen molar-refractivity contribution in [2.24, 2.45) is 5.16 Å². The van der Waals surface area contributed by atoms with Crippen molar-refractivity contribution in [3.05, 3.63) is 29.8 Å². The molecule has 0 aliphatic heterocycles. The van der Waals surface area contributed by atoms with Gasteiger partial charge in [-0.05, 0) is 18.7 Å². The summed E-state index contributed by atoms with van der Waals surface area (Å²) in [7, 11) is 4.50. The monoisotopic (exact) mass is 401 g/mol. The number of thioether (sulfide) groups is 1. The smallest absolute Gasteiger partial charge is 0.447 e. The fourth-order valence-electron chi connectivity index (χ4n) is 1.70. The van der Waals surface area contributed by atoms with Crippen LogP contribution in [0.5, 0.6) is 5.75 Å². The third-order valence-corrected chi connectivity index (χ3v) is 4.48. The maximum absolute atomic E-state index is 12.1. The molecule has 2 amide bonds. The molecule has 0 fully saturated rings. The van der Waals surface area contributed by atoms with Crippen molar-refractivity contribution < 1.29 is 23.9 Å². The summed E-state index contributed by atoms with van der Waals surface area (Å²) < 4.78 is 12.7. The summed E-state index contributed by atoms with van der Waals surface area (Å²) in [5, 5.41) is 4.35. The highest BCUT2D eigenvalue weighted by Gasteiger charge is 2.19. The summed E-state index contributed by atoms with van der Waals surface area (Å²) in [6.45, 7) is 3.77. The van der Waals surface area contributed by atoms with Crippen molar-refractivity contribution in [2.45, 2.75) is 20.5 Å². The van der Waals surface area contributed by atoms with E-state index in [4.69, 9.17) is 14.3 Å². The second kappa shape index (κ2) is 11.5. The third kappa shape index (κ3) is 7.44. The van der Waals surface area contributed by atoms with E-state index >= 15 is 0 Å². The van der Waals surface area contributed by atoms with Gasteiger partial charge >= 0.3 is 12.2 Å². The van der Waals surface area contributed by atoms with Crippen LogP contribution in [-0.2, 0) is 16.2 Å². The van der Waals surface area contributed by atoms with E-state index in [1.807, 2.05) is 19.1 Å². The molecule has 0 aliphatic carbocycles. The Hall–Kier alpha value is -2.07. The first-order valence-electron chi connectivity index (χ1n) is 7.71. The lowest BCUT2D eigenvalue weighted by molar-refractivity contribution is 0.123. The van der Waals surface area contributed by atoms with Gasteiger partial charge in [0.1, 0.15) is 17.4 Å². The Bertz CT molecular complexity index is 642. The Kier molecular flexibility index (Phi) is 9.74. The molecule has 26 heavy (non-hydrogen) atoms. The summed E-state index contributed by atoms with van der Waals surface area (Å²) in [6, 6.07) is 7.24. The minimum absolute atomic E-state index is 0.0552. The van der Waals surface area contributed by atoms with Gasteiger partial charge in [0, 0.05) is 19.7 Å². The first-order valence-corrected chi connectivity index (χ1v) is 9.43. The lowest BCUT2D eigenvalue weighted by Gasteiger charge is -2.20. The Labute approximate surface area is 162 Å². The molecule has 0 spiro atoms. The number of hydrogen-bond acceptors (Lipinski definition) is 8. The summed E-state index contributed by atoms with van der Waals surface area (Å²) in [6.07, 6.45) is -1.31. The highest BCUT2D eigenvalue weighted by molar-refractivity contribution is 8.13. The fraction of sp³-hybridized carbons (Fsp3) is 0.438. The fourth-order valence-corrected chi connectivity index (χ4v) is 2.79. The quantitative estimate of drug-likeness (QED) is 0.225. The van der Waals surface area contributed by atoms with Crippen molar-refractivity contribution in [3.63, 3.8) is 0 Å². The highest BCUT2D eigenvalue weighted by atomic mass is 32.2. The number of hydrogen-bond donors (Lipinski definition) is 0. The van der Waals surface area contributed by atoms with E-state index in [-0.39, 0.29) is 6.61 Å². The van der Waals surface area contributed by atoms with Gasteiger partial charge in [0.25, 0.3) is 0 Å². The zero-order valence-electron chi connectivity index (χ0n) is 15.4. The lowest BCUT2D eigenvalue weighted by Crippen LogP contribution is -2.29. The van der Waals surface area contributed by atoms with Gasteiger partial charge in [0.05, 0.1) is 19.2 Å². The molecule has 10 heteroatoms. The number of nitrogens with zero attached hydrogens (tertiary/aromatic N) is 3. The molecule has 0 saturated heterocycles. The van der Waals surface area contributed by atoms with Gasteiger partial charge in [-0.3, -0.25) is 4.84 Å². The van der Waals surface area contributed by atoms with Crippen LogP contribution in [0.2, 0.25) is 0 Å². The van der Waals surface area contributed by atoms with Gasteiger partial charge in [0.2, 0.25) is 0 Å². The molecule has 0 radical (unpaired) electrons. The molecular weight excluding hydrogens is 378 g/mol. The maximum Gasteiger partial charge on any atom is 0.447 e. The summed E-state index contributed by atoms with van der Waals surface area (Å²) >= 11 is 2.30. The second-order valence-electron chi connectivity index (χ2n) is 4.84. The zero-order valence-corrected chi connectivity index (χ0v) is 17.1. The van der Waals surface area contributed by atoms with E-state index in [9.17, 15) is 9.59 Å². The van der Waals surface area contributed by atoms with Crippen molar-refractivity contribution in [1.29, 1.82) is 0 Å². The molecule has 0 heterocycles. The summed E-state index contributed by atoms with van der Waals surface area (Å²) in [5.41, 5.74) is 0.743. The van der Waals surface area contributed by atoms with Crippen molar-refractivity contribution in [3.8, 4) is 5.75 Å². The molecule has 8 nitrogen and oxygen atoms in total. The van der Waals surface area contributed by atoms with Crippen LogP contribution < -0.4 is 4.74 Å². The molecule has 0 aliphatic rings. The third-order valence-electron chi connectivity index (χ3n) is 2.91. The molecule has 0 saturated carbocycles. The number of carbonyl (C=O) groups excluding carboxylic acids is 2. The molecule has 0 unspecified atom stereocenters. The van der Waals surface area contributed by atoms with E-state index in [1.54, 1.807) is 26.2 Å². The number of benzene rings is 1. The van der Waals surface area contributed by atoms with Gasteiger partial charge in [-0.25, -0.2) is 18.2 Å². The lowest BCUT2D eigenvalue weighted by atomic mass is 10.2.